The predicted octanol–water partition coefficient (Wildman–Crippen LogP) is 13.7. The maximum atomic E-state index is 7.09. The predicted molar refractivity (Wildman–Crippen MR) is 232 cm³/mol. The molecule has 0 saturated heterocycles. The minimum atomic E-state index is 0.140. The Morgan fingerprint density at radius 3 is 1.32 bits per heavy atom. The second-order valence-electron chi connectivity index (χ2n) is 16.3. The Morgan fingerprint density at radius 1 is 0.474 bits per heavy atom. The first-order valence-electron chi connectivity index (χ1n) is 20.3. The fraction of sp³-hybridized carbons (Fsp3) is 0.192. The van der Waals surface area contributed by atoms with E-state index < -0.39 is 0 Å². The van der Waals surface area contributed by atoms with Crippen molar-refractivity contribution in [2.75, 3.05) is 0 Å². The van der Waals surface area contributed by atoms with Crippen LogP contribution >= 0.6 is 0 Å². The number of imidazole rings is 2. The summed E-state index contributed by atoms with van der Waals surface area (Å²) in [5.41, 5.74) is 16.8. The molecule has 0 amide bonds. The molecule has 0 saturated carbocycles. The van der Waals surface area contributed by atoms with Crippen LogP contribution in [-0.4, -0.2) is 19.1 Å². The molecular formula is C52H46N4O. The number of rotatable bonds is 4. The highest BCUT2D eigenvalue weighted by Gasteiger charge is 2.27. The molecule has 10 rings (SSSR count). The number of hydrogen-bond donors (Lipinski definition) is 0. The Balaban J connectivity index is 1.19. The van der Waals surface area contributed by atoms with Crippen molar-refractivity contribution in [1.82, 2.24) is 19.1 Å². The maximum absolute atomic E-state index is 7.09. The van der Waals surface area contributed by atoms with Crippen LogP contribution in [0.1, 0.15) is 98.6 Å². The Hall–Kier alpha value is -6.46. The molecule has 5 nitrogen and oxygen atoms in total. The molecule has 2 aromatic heterocycles. The average molecular weight is 743 g/mol. The highest BCUT2D eigenvalue weighted by Crippen LogP contribution is 2.46. The largest absolute Gasteiger partial charge is 0.457 e. The summed E-state index contributed by atoms with van der Waals surface area (Å²) in [4.78, 5) is 10.0. The van der Waals surface area contributed by atoms with Crippen LogP contribution in [-0.2, 0) is 0 Å². The minimum Gasteiger partial charge on any atom is -0.457 e. The van der Waals surface area contributed by atoms with E-state index in [1.807, 2.05) is 12.4 Å². The molecule has 0 radical (unpaired) electrons. The Morgan fingerprint density at radius 2 is 0.877 bits per heavy atom. The second-order valence-corrected chi connectivity index (χ2v) is 16.3. The van der Waals surface area contributed by atoms with E-state index in [0.29, 0.717) is 11.8 Å². The number of para-hydroxylation sites is 2. The molecule has 0 aliphatic carbocycles. The molecule has 8 aromatic rings. The van der Waals surface area contributed by atoms with Crippen molar-refractivity contribution in [3.05, 3.63) is 179 Å². The molecule has 0 fully saturated rings. The van der Waals surface area contributed by atoms with Gasteiger partial charge in [-0.25, -0.2) is 9.97 Å². The number of fused-ring (bicyclic) bond motifs is 16. The topological polar surface area (TPSA) is 44.9 Å². The molecule has 4 bridgehead atoms. The summed E-state index contributed by atoms with van der Waals surface area (Å²) in [7, 11) is 0. The maximum Gasteiger partial charge on any atom is 0.144 e. The van der Waals surface area contributed by atoms with Gasteiger partial charge in [-0.15, -0.1) is 0 Å². The van der Waals surface area contributed by atoms with E-state index in [4.69, 9.17) is 14.7 Å². The van der Waals surface area contributed by atoms with Crippen LogP contribution in [0.15, 0.2) is 146 Å². The number of hydrogen-bond acceptors (Lipinski definition) is 3. The van der Waals surface area contributed by atoms with E-state index in [2.05, 4.69) is 184 Å². The lowest BCUT2D eigenvalue weighted by Gasteiger charge is -2.27. The first-order chi connectivity index (χ1) is 27.7. The zero-order valence-corrected chi connectivity index (χ0v) is 33.4. The molecule has 2 atom stereocenters. The number of nitrogens with zero attached hydrogens (tertiary/aromatic N) is 4. The van der Waals surface area contributed by atoms with E-state index in [9.17, 15) is 0 Å². The molecule has 57 heavy (non-hydrogen) atoms. The van der Waals surface area contributed by atoms with Crippen molar-refractivity contribution < 1.29 is 4.74 Å². The normalized spacial score (nSPS) is 15.2. The standard InChI is InChI=1S/C52H46N4O/c1-31(2)41-17-11-19-45-33(5)43-13-7-9-15-47(43)35-25-37(51-53-21-23-55(51)49(41)45)29-39(27-35)57-40-28-36-26-38(30-40)52-54-22-24-56(52)50-42(32(3)4)18-12-20-46(50)34(6)44-14-8-10-16-48(36)44/h7-34H,1-6H3. The summed E-state index contributed by atoms with van der Waals surface area (Å²) in [5, 5.41) is 0. The summed E-state index contributed by atoms with van der Waals surface area (Å²) in [6.45, 7) is 13.7. The molecular weight excluding hydrogens is 697 g/mol. The number of aromatic nitrogens is 4. The lowest BCUT2D eigenvalue weighted by atomic mass is 9.83. The van der Waals surface area contributed by atoms with E-state index in [1.165, 1.54) is 55.9 Å². The summed E-state index contributed by atoms with van der Waals surface area (Å²) in [5.74, 6) is 4.24. The molecule has 2 aliphatic heterocycles. The Bertz CT molecular complexity index is 2640. The van der Waals surface area contributed by atoms with Gasteiger partial charge in [-0.05, 0) is 104 Å². The van der Waals surface area contributed by atoms with E-state index >= 15 is 0 Å². The van der Waals surface area contributed by atoms with Crippen molar-refractivity contribution in [3.63, 3.8) is 0 Å². The number of benzene rings is 6. The van der Waals surface area contributed by atoms with Gasteiger partial charge < -0.3 is 4.74 Å². The van der Waals surface area contributed by atoms with Crippen LogP contribution in [0.5, 0.6) is 11.5 Å². The van der Waals surface area contributed by atoms with Crippen LogP contribution < -0.4 is 4.74 Å². The quantitative estimate of drug-likeness (QED) is 0.180. The van der Waals surface area contributed by atoms with Crippen molar-refractivity contribution in [2.24, 2.45) is 0 Å². The first-order valence-corrected chi connectivity index (χ1v) is 20.3. The van der Waals surface area contributed by atoms with Crippen LogP contribution in [0.25, 0.3) is 56.4 Å². The SMILES string of the molecule is CC(C)c1cccc2c1-n1ccnc1-c1cc(Oc3cc4cc(c3)-c3nccn3-c3c(C(C)C)cccc3C(C)c3ccccc3-4)cc(c1)-c1ccccc1C2C. The lowest BCUT2D eigenvalue weighted by molar-refractivity contribution is 0.483. The molecule has 5 heteroatoms. The number of ether oxygens (including phenoxy) is 1. The van der Waals surface area contributed by atoms with Gasteiger partial charge >= 0.3 is 0 Å². The molecule has 280 valence electrons. The van der Waals surface area contributed by atoms with E-state index in [-0.39, 0.29) is 11.8 Å². The average Bonchev–Trinajstić information content (AvgIpc) is 3.93. The fourth-order valence-electron chi connectivity index (χ4n) is 9.37. The second kappa shape index (κ2) is 13.6. The molecule has 2 unspecified atom stereocenters. The van der Waals surface area contributed by atoms with Gasteiger partial charge in [0.05, 0.1) is 11.4 Å². The first kappa shape index (κ1) is 35.0. The smallest absolute Gasteiger partial charge is 0.144 e. The van der Waals surface area contributed by atoms with Crippen molar-refractivity contribution in [1.29, 1.82) is 0 Å². The highest BCUT2D eigenvalue weighted by atomic mass is 16.5. The highest BCUT2D eigenvalue weighted by molar-refractivity contribution is 5.80. The van der Waals surface area contributed by atoms with Crippen LogP contribution in [0, 0.1) is 0 Å². The van der Waals surface area contributed by atoms with Gasteiger partial charge in [0.1, 0.15) is 23.1 Å². The van der Waals surface area contributed by atoms with Gasteiger partial charge in [-0.3, -0.25) is 9.13 Å². The van der Waals surface area contributed by atoms with Crippen molar-refractivity contribution in [3.8, 4) is 67.9 Å². The third kappa shape index (κ3) is 5.75. The van der Waals surface area contributed by atoms with Crippen LogP contribution in [0.2, 0.25) is 0 Å². The van der Waals surface area contributed by atoms with Crippen LogP contribution in [0.3, 0.4) is 0 Å². The van der Waals surface area contributed by atoms with Crippen molar-refractivity contribution >= 4 is 0 Å². The monoisotopic (exact) mass is 742 g/mol. The van der Waals surface area contributed by atoms with Gasteiger partial charge in [0, 0.05) is 47.8 Å². The molecule has 0 N–H and O–H groups in total. The fourth-order valence-corrected chi connectivity index (χ4v) is 9.37. The van der Waals surface area contributed by atoms with Crippen LogP contribution in [0.4, 0.5) is 0 Å². The lowest BCUT2D eigenvalue weighted by Crippen LogP contribution is -2.11. The summed E-state index contributed by atoms with van der Waals surface area (Å²) in [6, 6.07) is 44.3. The minimum absolute atomic E-state index is 0.140. The van der Waals surface area contributed by atoms with Gasteiger partial charge in [0.25, 0.3) is 0 Å². The van der Waals surface area contributed by atoms with Gasteiger partial charge in [0.15, 0.2) is 0 Å². The zero-order valence-electron chi connectivity index (χ0n) is 33.4. The third-order valence-electron chi connectivity index (χ3n) is 12.2. The van der Waals surface area contributed by atoms with Gasteiger partial charge in [-0.2, -0.15) is 0 Å². The molecule has 6 aromatic carbocycles. The van der Waals surface area contributed by atoms with Gasteiger partial charge in [0.2, 0.25) is 0 Å². The molecule has 2 aliphatic rings. The zero-order chi connectivity index (χ0) is 38.9. The molecule has 0 spiro atoms. The van der Waals surface area contributed by atoms with Crippen molar-refractivity contribution in [2.45, 2.75) is 65.2 Å². The van der Waals surface area contributed by atoms with E-state index in [1.54, 1.807) is 0 Å². The molecule has 4 heterocycles. The van der Waals surface area contributed by atoms with E-state index in [0.717, 1.165) is 45.4 Å². The Labute approximate surface area is 335 Å². The third-order valence-corrected chi connectivity index (χ3v) is 12.2. The van der Waals surface area contributed by atoms with Gasteiger partial charge in [-0.1, -0.05) is 126 Å². The Kier molecular flexibility index (Phi) is 8.37. The summed E-state index contributed by atoms with van der Waals surface area (Å²) < 4.78 is 11.7. The summed E-state index contributed by atoms with van der Waals surface area (Å²) >= 11 is 0. The summed E-state index contributed by atoms with van der Waals surface area (Å²) in [6.07, 6.45) is 8.05.